The quantitative estimate of drug-likeness (QED) is 0.400. The van der Waals surface area contributed by atoms with E-state index >= 15 is 0 Å². The summed E-state index contributed by atoms with van der Waals surface area (Å²) in [5.74, 6) is 0. The molecule has 0 saturated carbocycles. The highest BCUT2D eigenvalue weighted by molar-refractivity contribution is 5.85. The van der Waals surface area contributed by atoms with Crippen LogP contribution in [0.4, 0.5) is 0 Å². The Bertz CT molecular complexity index is 735. The Morgan fingerprint density at radius 3 is 1.40 bits per heavy atom. The van der Waals surface area contributed by atoms with E-state index in [4.69, 9.17) is 20.4 Å². The van der Waals surface area contributed by atoms with Gasteiger partial charge in [0.1, 0.15) is 18.3 Å². The van der Waals surface area contributed by atoms with Gasteiger partial charge in [-0.3, -0.25) is 0 Å². The van der Waals surface area contributed by atoms with E-state index in [9.17, 15) is 4.79 Å². The summed E-state index contributed by atoms with van der Waals surface area (Å²) in [5, 5.41) is 35.1. The van der Waals surface area contributed by atoms with Crippen LogP contribution in [-0.4, -0.2) is 61.1 Å². The zero-order chi connectivity index (χ0) is 18.4. The molecule has 0 spiro atoms. The van der Waals surface area contributed by atoms with E-state index in [-0.39, 0.29) is 6.29 Å². The highest BCUT2D eigenvalue weighted by Gasteiger charge is 2.27. The average Bonchev–Trinajstić information content (AvgIpc) is 2.64. The fourth-order valence-corrected chi connectivity index (χ4v) is 2.13. The lowest BCUT2D eigenvalue weighted by Gasteiger charge is -2.21. The van der Waals surface area contributed by atoms with Gasteiger partial charge in [0.25, 0.3) is 0 Å². The van der Waals surface area contributed by atoms with Gasteiger partial charge in [-0.2, -0.15) is 0 Å². The van der Waals surface area contributed by atoms with Crippen molar-refractivity contribution in [1.29, 1.82) is 0 Å². The van der Waals surface area contributed by atoms with E-state index in [0.717, 1.165) is 22.1 Å². The van der Waals surface area contributed by atoms with E-state index in [1.165, 1.54) is 6.92 Å². The van der Waals surface area contributed by atoms with E-state index in [1.807, 2.05) is 48.5 Å². The largest absolute Gasteiger partial charge is 0.391 e. The van der Waals surface area contributed by atoms with E-state index in [0.29, 0.717) is 0 Å². The molecule has 0 aliphatic rings. The van der Waals surface area contributed by atoms with Gasteiger partial charge in [0, 0.05) is 0 Å². The Balaban J connectivity index is 0.000000188. The maximum Gasteiger partial charge on any atom is 0.151 e. The Morgan fingerprint density at radius 2 is 1.12 bits per heavy atom. The van der Waals surface area contributed by atoms with E-state index < -0.39 is 24.4 Å². The van der Waals surface area contributed by atoms with Crippen LogP contribution in [0.15, 0.2) is 48.5 Å². The van der Waals surface area contributed by atoms with Gasteiger partial charge in [0.2, 0.25) is 0 Å². The molecule has 0 bridgehead atoms. The first kappa shape index (κ1) is 18.9. The molecular formula is C18H20N2O5. The first-order valence-corrected chi connectivity index (χ1v) is 7.73. The first-order chi connectivity index (χ1) is 11.9. The fraction of sp³-hybridized carbons (Fsp3) is 0.278. The molecule has 0 fully saturated rings. The number of hydrogen-bond acceptors (Lipinski definition) is 7. The second-order valence-electron chi connectivity index (χ2n) is 5.55. The standard InChI is InChI=1S/C12H8N2.C6H12O5/c1-2-6-10-9(5-1)13-11-7-3-4-8-12(11)14-10;1-3(8)5(10)6(11)4(9)2-7/h1-8H;2-6,8-11H,1H3/t;3-,4+,5-,6-/m.0/s1. The molecule has 7 nitrogen and oxygen atoms in total. The van der Waals surface area contributed by atoms with Crippen molar-refractivity contribution in [1.82, 2.24) is 9.97 Å². The summed E-state index contributed by atoms with van der Waals surface area (Å²) < 4.78 is 0. The second-order valence-corrected chi connectivity index (χ2v) is 5.55. The number of aliphatic hydroxyl groups is 4. The van der Waals surface area contributed by atoms with Gasteiger partial charge >= 0.3 is 0 Å². The summed E-state index contributed by atoms with van der Waals surface area (Å²) in [5.41, 5.74) is 3.80. The molecule has 3 rings (SSSR count). The molecule has 1 heterocycles. The molecule has 2 aromatic carbocycles. The Morgan fingerprint density at radius 1 is 0.760 bits per heavy atom. The van der Waals surface area contributed by atoms with E-state index in [1.54, 1.807) is 0 Å². The molecule has 0 amide bonds. The lowest BCUT2D eigenvalue weighted by atomic mass is 10.1. The van der Waals surface area contributed by atoms with Crippen molar-refractivity contribution in [3.8, 4) is 0 Å². The predicted octanol–water partition coefficient (Wildman–Crippen LogP) is 0.432. The van der Waals surface area contributed by atoms with Gasteiger partial charge in [-0.05, 0) is 31.2 Å². The van der Waals surface area contributed by atoms with Crippen molar-refractivity contribution in [2.45, 2.75) is 31.3 Å². The third kappa shape index (κ3) is 4.77. The molecule has 1 aromatic heterocycles. The minimum atomic E-state index is -1.65. The minimum absolute atomic E-state index is 0.0935. The number of hydrogen-bond donors (Lipinski definition) is 4. The number of para-hydroxylation sites is 4. The number of aliphatic hydroxyl groups excluding tert-OH is 4. The maximum atomic E-state index is 9.87. The van der Waals surface area contributed by atoms with Crippen molar-refractivity contribution >= 4 is 28.4 Å². The molecular weight excluding hydrogens is 324 g/mol. The number of aldehydes is 1. The van der Waals surface area contributed by atoms with Crippen molar-refractivity contribution in [3.63, 3.8) is 0 Å². The topological polar surface area (TPSA) is 124 Å². The summed E-state index contributed by atoms with van der Waals surface area (Å²) in [6.07, 6.45) is -5.88. The smallest absolute Gasteiger partial charge is 0.151 e. The zero-order valence-corrected chi connectivity index (χ0v) is 13.6. The summed E-state index contributed by atoms with van der Waals surface area (Å²) in [7, 11) is 0. The van der Waals surface area contributed by atoms with Crippen LogP contribution in [-0.2, 0) is 4.79 Å². The zero-order valence-electron chi connectivity index (χ0n) is 13.6. The number of fused-ring (bicyclic) bond motifs is 2. The van der Waals surface area contributed by atoms with Crippen LogP contribution in [0.25, 0.3) is 22.1 Å². The molecule has 132 valence electrons. The molecule has 0 aliphatic carbocycles. The number of rotatable bonds is 4. The molecule has 4 atom stereocenters. The van der Waals surface area contributed by atoms with Crippen LogP contribution in [0, 0.1) is 0 Å². The van der Waals surface area contributed by atoms with Gasteiger partial charge in [-0.25, -0.2) is 9.97 Å². The van der Waals surface area contributed by atoms with Gasteiger partial charge in [-0.15, -0.1) is 0 Å². The van der Waals surface area contributed by atoms with Crippen LogP contribution >= 0.6 is 0 Å². The summed E-state index contributed by atoms with van der Waals surface area (Å²) in [4.78, 5) is 18.9. The maximum absolute atomic E-state index is 9.87. The van der Waals surface area contributed by atoms with Crippen LogP contribution in [0.1, 0.15) is 6.92 Å². The van der Waals surface area contributed by atoms with Gasteiger partial charge < -0.3 is 25.2 Å². The van der Waals surface area contributed by atoms with Crippen molar-refractivity contribution in [2.24, 2.45) is 0 Å². The summed E-state index contributed by atoms with van der Waals surface area (Å²) in [6.45, 7) is 1.24. The molecule has 0 saturated heterocycles. The van der Waals surface area contributed by atoms with Crippen LogP contribution in [0.2, 0.25) is 0 Å². The molecule has 7 heteroatoms. The third-order valence-electron chi connectivity index (χ3n) is 3.58. The van der Waals surface area contributed by atoms with Crippen LogP contribution in [0.5, 0.6) is 0 Å². The number of nitrogens with zero attached hydrogens (tertiary/aromatic N) is 2. The lowest BCUT2D eigenvalue weighted by molar-refractivity contribution is -0.132. The molecule has 4 N–H and O–H groups in total. The van der Waals surface area contributed by atoms with Gasteiger partial charge in [0.05, 0.1) is 28.2 Å². The van der Waals surface area contributed by atoms with Gasteiger partial charge in [0.15, 0.2) is 6.29 Å². The second kappa shape index (κ2) is 8.59. The van der Waals surface area contributed by atoms with Crippen LogP contribution in [0.3, 0.4) is 0 Å². The summed E-state index contributed by atoms with van der Waals surface area (Å²) >= 11 is 0. The van der Waals surface area contributed by atoms with E-state index in [2.05, 4.69) is 9.97 Å². The average molecular weight is 344 g/mol. The Labute approximate surface area is 144 Å². The van der Waals surface area contributed by atoms with Crippen molar-refractivity contribution < 1.29 is 25.2 Å². The Kier molecular flexibility index (Phi) is 6.49. The molecule has 25 heavy (non-hydrogen) atoms. The van der Waals surface area contributed by atoms with Crippen molar-refractivity contribution in [2.75, 3.05) is 0 Å². The summed E-state index contributed by atoms with van der Waals surface area (Å²) in [6, 6.07) is 15.8. The number of carbonyl (C=O) groups is 1. The molecule has 0 radical (unpaired) electrons. The van der Waals surface area contributed by atoms with Crippen LogP contribution < -0.4 is 0 Å². The lowest BCUT2D eigenvalue weighted by Crippen LogP contribution is -2.43. The number of carbonyl (C=O) groups excluding carboxylic acids is 1. The number of benzene rings is 2. The SMILES string of the molecule is C[C@H](O)[C@H](O)[C@@H](O)[C@H](O)C=O.c1ccc2nc3ccccc3nc2c1. The minimum Gasteiger partial charge on any atom is -0.391 e. The highest BCUT2D eigenvalue weighted by Crippen LogP contribution is 2.14. The fourth-order valence-electron chi connectivity index (χ4n) is 2.13. The monoisotopic (exact) mass is 344 g/mol. The van der Waals surface area contributed by atoms with Gasteiger partial charge in [-0.1, -0.05) is 24.3 Å². The Hall–Kier alpha value is -2.45. The highest BCUT2D eigenvalue weighted by atomic mass is 16.4. The molecule has 3 aromatic rings. The molecule has 0 unspecified atom stereocenters. The predicted molar refractivity (Wildman–Crippen MR) is 92.8 cm³/mol. The number of aromatic nitrogens is 2. The normalized spacial score (nSPS) is 15.7. The molecule has 0 aliphatic heterocycles. The first-order valence-electron chi connectivity index (χ1n) is 7.73. The van der Waals surface area contributed by atoms with Crippen molar-refractivity contribution in [3.05, 3.63) is 48.5 Å². The third-order valence-corrected chi connectivity index (χ3v) is 3.58.